The molecule has 0 aliphatic carbocycles. The van der Waals surface area contributed by atoms with Crippen molar-refractivity contribution in [1.82, 2.24) is 4.98 Å². The molecule has 0 radical (unpaired) electrons. The van der Waals surface area contributed by atoms with Crippen molar-refractivity contribution in [3.63, 3.8) is 0 Å². The molecule has 2 aliphatic heterocycles. The van der Waals surface area contributed by atoms with Crippen LogP contribution in [0.2, 0.25) is 0 Å². The van der Waals surface area contributed by atoms with Crippen LogP contribution in [0.3, 0.4) is 0 Å². The van der Waals surface area contributed by atoms with E-state index in [1.165, 1.54) is 11.3 Å². The second kappa shape index (κ2) is 3.07. The van der Waals surface area contributed by atoms with Gasteiger partial charge >= 0.3 is 0 Å². The summed E-state index contributed by atoms with van der Waals surface area (Å²) in [4.78, 5) is 3.19. The minimum Gasteiger partial charge on any atom is -0.361 e. The average molecular weight is 181 g/mol. The minimum atomic E-state index is 1.19. The van der Waals surface area contributed by atoms with Crippen LogP contribution in [0.4, 0.5) is 0 Å². The Balaban J connectivity index is 2.75. The molecule has 3 heteroatoms. The van der Waals surface area contributed by atoms with Crippen LogP contribution >= 0.6 is 20.7 Å². The van der Waals surface area contributed by atoms with Crippen molar-refractivity contribution in [2.75, 3.05) is 0 Å². The maximum atomic E-state index is 3.19. The van der Waals surface area contributed by atoms with Crippen LogP contribution in [0, 0.1) is 0 Å². The van der Waals surface area contributed by atoms with Crippen molar-refractivity contribution in [3.8, 4) is 11.3 Å². The second-order valence-electron chi connectivity index (χ2n) is 2.15. The monoisotopic (exact) mass is 181 g/mol. The van der Waals surface area contributed by atoms with Crippen LogP contribution < -0.4 is 0 Å². The van der Waals surface area contributed by atoms with E-state index in [0.29, 0.717) is 0 Å². The van der Waals surface area contributed by atoms with Crippen LogP contribution in [0.25, 0.3) is 11.3 Å². The highest BCUT2D eigenvalue weighted by atomic mass is 32.9. The summed E-state index contributed by atoms with van der Waals surface area (Å²) >= 11 is 0. The average Bonchev–Trinajstić information content (AvgIpc) is 2.28. The molecule has 1 N–H and O–H groups in total. The summed E-state index contributed by atoms with van der Waals surface area (Å²) in [6, 6.07) is 6.23. The maximum absolute atomic E-state index is 3.19. The van der Waals surface area contributed by atoms with E-state index in [4.69, 9.17) is 0 Å². The van der Waals surface area contributed by atoms with Crippen molar-refractivity contribution < 1.29 is 0 Å². The standard InChI is InChI=1S/C8H7NS2/c1-2-7-3-5-10-11-6-8(7)9-4-1/h1-6,9H. The first-order valence-corrected chi connectivity index (χ1v) is 5.57. The van der Waals surface area contributed by atoms with Gasteiger partial charge in [0.05, 0.1) is 5.69 Å². The molecule has 0 fully saturated rings. The Kier molecular flexibility index (Phi) is 1.92. The van der Waals surface area contributed by atoms with Crippen molar-refractivity contribution >= 4 is 20.7 Å². The van der Waals surface area contributed by atoms with Crippen LogP contribution in [0.5, 0.6) is 0 Å². The van der Waals surface area contributed by atoms with Gasteiger partial charge in [-0.1, -0.05) is 26.7 Å². The van der Waals surface area contributed by atoms with Gasteiger partial charge in [0.15, 0.2) is 0 Å². The summed E-state index contributed by atoms with van der Waals surface area (Å²) in [6.07, 6.45) is 1.94. The molecule has 0 bridgehead atoms. The highest BCUT2D eigenvalue weighted by Crippen LogP contribution is 2.19. The Hall–Kier alpha value is -0.800. The van der Waals surface area contributed by atoms with E-state index < -0.39 is 0 Å². The molecule has 0 unspecified atom stereocenters. The zero-order valence-electron chi connectivity index (χ0n) is 5.78. The molecule has 0 aromatic carbocycles. The second-order valence-corrected chi connectivity index (χ2v) is 4.20. The van der Waals surface area contributed by atoms with Gasteiger partial charge in [-0.05, 0) is 17.7 Å². The first-order valence-electron chi connectivity index (χ1n) is 3.29. The van der Waals surface area contributed by atoms with Crippen molar-refractivity contribution in [1.29, 1.82) is 0 Å². The molecular formula is C8H7NS2. The highest BCUT2D eigenvalue weighted by Gasteiger charge is 1.94. The molecule has 2 rings (SSSR count). The third-order valence-corrected chi connectivity index (χ3v) is 3.09. The molecule has 11 heavy (non-hydrogen) atoms. The molecule has 0 saturated carbocycles. The topological polar surface area (TPSA) is 15.8 Å². The van der Waals surface area contributed by atoms with Gasteiger partial charge in [-0.15, -0.1) is 0 Å². The number of rotatable bonds is 0. The van der Waals surface area contributed by atoms with E-state index in [-0.39, 0.29) is 0 Å². The summed E-state index contributed by atoms with van der Waals surface area (Å²) in [6.45, 7) is 0. The fraction of sp³-hybridized carbons (Fsp3) is 0. The number of aromatic amines is 1. The molecule has 0 aromatic rings. The molecule has 0 atom stereocenters. The number of pyridine rings is 1. The quantitative estimate of drug-likeness (QED) is 0.600. The zero-order valence-corrected chi connectivity index (χ0v) is 7.41. The lowest BCUT2D eigenvalue weighted by Gasteiger charge is -1.96. The van der Waals surface area contributed by atoms with E-state index in [9.17, 15) is 0 Å². The lowest BCUT2D eigenvalue weighted by molar-refractivity contribution is 1.34. The summed E-state index contributed by atoms with van der Waals surface area (Å²) in [7, 11) is 3.46. The van der Waals surface area contributed by atoms with Crippen molar-refractivity contribution in [2.45, 2.75) is 0 Å². The minimum absolute atomic E-state index is 1.19. The van der Waals surface area contributed by atoms with Crippen molar-refractivity contribution in [2.24, 2.45) is 0 Å². The number of aromatic nitrogens is 1. The van der Waals surface area contributed by atoms with Gasteiger partial charge in [0.2, 0.25) is 0 Å². The van der Waals surface area contributed by atoms with Crippen LogP contribution in [-0.2, 0) is 0 Å². The van der Waals surface area contributed by atoms with Gasteiger partial charge < -0.3 is 4.98 Å². The largest absolute Gasteiger partial charge is 0.361 e. The molecular weight excluding hydrogens is 174 g/mol. The third-order valence-electron chi connectivity index (χ3n) is 1.45. The van der Waals surface area contributed by atoms with Gasteiger partial charge in [0, 0.05) is 17.0 Å². The SMILES string of the molecule is c1c[nH]c2cssccc-2c1. The smallest absolute Gasteiger partial charge is 0.0562 e. The lowest BCUT2D eigenvalue weighted by atomic mass is 10.2. The van der Waals surface area contributed by atoms with Gasteiger partial charge in [-0.25, -0.2) is 0 Å². The Labute approximate surface area is 72.4 Å². The molecule has 2 heterocycles. The molecule has 0 aromatic heterocycles. The Morgan fingerprint density at radius 3 is 3.18 bits per heavy atom. The summed E-state index contributed by atoms with van der Waals surface area (Å²) in [5.74, 6) is 0. The van der Waals surface area contributed by atoms with E-state index in [2.05, 4.69) is 27.9 Å². The highest BCUT2D eigenvalue weighted by molar-refractivity contribution is 7.67. The lowest BCUT2D eigenvalue weighted by Crippen LogP contribution is -1.77. The van der Waals surface area contributed by atoms with E-state index in [1.54, 1.807) is 20.7 Å². The van der Waals surface area contributed by atoms with Crippen LogP contribution in [0.15, 0.2) is 35.2 Å². The summed E-state index contributed by atoms with van der Waals surface area (Å²) in [5.41, 5.74) is 2.45. The number of hydrogen-bond donors (Lipinski definition) is 1. The van der Waals surface area contributed by atoms with Crippen LogP contribution in [0.1, 0.15) is 0 Å². The van der Waals surface area contributed by atoms with Gasteiger partial charge in [-0.2, -0.15) is 0 Å². The van der Waals surface area contributed by atoms with Gasteiger partial charge in [-0.3, -0.25) is 0 Å². The molecule has 56 valence electrons. The zero-order chi connectivity index (χ0) is 7.52. The summed E-state index contributed by atoms with van der Waals surface area (Å²) < 4.78 is 0. The summed E-state index contributed by atoms with van der Waals surface area (Å²) in [5, 5.41) is 4.22. The van der Waals surface area contributed by atoms with E-state index in [0.717, 1.165) is 0 Å². The maximum Gasteiger partial charge on any atom is 0.0562 e. The number of fused-ring (bicyclic) bond motifs is 1. The Bertz CT molecular complexity index is 311. The number of H-pyrrole nitrogens is 1. The fourth-order valence-electron chi connectivity index (χ4n) is 0.919. The van der Waals surface area contributed by atoms with E-state index >= 15 is 0 Å². The predicted octanol–water partition coefficient (Wildman–Crippen LogP) is 3.37. The first-order chi connectivity index (χ1) is 5.47. The normalized spacial score (nSPS) is 9.82. The fourth-order valence-corrected chi connectivity index (χ4v) is 2.36. The van der Waals surface area contributed by atoms with E-state index in [1.807, 2.05) is 12.3 Å². The molecule has 1 nitrogen and oxygen atoms in total. The molecule has 0 saturated heterocycles. The number of hydrogen-bond acceptors (Lipinski definition) is 2. The third kappa shape index (κ3) is 1.44. The molecule has 0 amide bonds. The molecule has 2 aliphatic rings. The predicted molar refractivity (Wildman–Crippen MR) is 50.8 cm³/mol. The first kappa shape index (κ1) is 6.88. The van der Waals surface area contributed by atoms with Gasteiger partial charge in [0.1, 0.15) is 0 Å². The van der Waals surface area contributed by atoms with Crippen LogP contribution in [-0.4, -0.2) is 4.98 Å². The Morgan fingerprint density at radius 2 is 2.18 bits per heavy atom. The molecule has 0 spiro atoms. The van der Waals surface area contributed by atoms with Crippen molar-refractivity contribution in [3.05, 3.63) is 35.2 Å². The number of nitrogens with one attached hydrogen (secondary N) is 1. The Morgan fingerprint density at radius 1 is 1.18 bits per heavy atom. The van der Waals surface area contributed by atoms with Gasteiger partial charge in [0.25, 0.3) is 0 Å².